The summed E-state index contributed by atoms with van der Waals surface area (Å²) in [4.78, 5) is 18.9. The predicted molar refractivity (Wildman–Crippen MR) is 76.7 cm³/mol. The van der Waals surface area contributed by atoms with E-state index in [1.165, 1.54) is 11.3 Å². The highest BCUT2D eigenvalue weighted by molar-refractivity contribution is 9.10. The SMILES string of the molecule is CCN(Cc1ccncc1)C(=O)c1sccc1Br. The minimum atomic E-state index is 0.0659. The predicted octanol–water partition coefficient (Wildman–Crippen LogP) is 3.57. The number of nitrogens with zero attached hydrogens (tertiary/aromatic N) is 2. The van der Waals surface area contributed by atoms with E-state index >= 15 is 0 Å². The molecule has 0 spiro atoms. The molecule has 2 heterocycles. The molecular weight excluding hydrogens is 312 g/mol. The van der Waals surface area contributed by atoms with Gasteiger partial charge in [0.05, 0.1) is 0 Å². The Hall–Kier alpha value is -1.20. The van der Waals surface area contributed by atoms with Gasteiger partial charge in [0.25, 0.3) is 5.91 Å². The Bertz CT molecular complexity index is 527. The molecule has 0 aromatic carbocycles. The van der Waals surface area contributed by atoms with E-state index in [4.69, 9.17) is 0 Å². The van der Waals surface area contributed by atoms with Gasteiger partial charge in [0.15, 0.2) is 0 Å². The van der Waals surface area contributed by atoms with Crippen LogP contribution in [0.2, 0.25) is 0 Å². The molecule has 2 rings (SSSR count). The zero-order valence-electron chi connectivity index (χ0n) is 9.97. The van der Waals surface area contributed by atoms with Crippen LogP contribution in [0.25, 0.3) is 0 Å². The lowest BCUT2D eigenvalue weighted by Gasteiger charge is -2.20. The van der Waals surface area contributed by atoms with Gasteiger partial charge < -0.3 is 4.90 Å². The van der Waals surface area contributed by atoms with Gasteiger partial charge >= 0.3 is 0 Å². The third-order valence-electron chi connectivity index (χ3n) is 2.60. The van der Waals surface area contributed by atoms with E-state index in [2.05, 4.69) is 20.9 Å². The zero-order chi connectivity index (χ0) is 13.0. The molecule has 3 nitrogen and oxygen atoms in total. The molecule has 18 heavy (non-hydrogen) atoms. The quantitative estimate of drug-likeness (QED) is 0.861. The maximum absolute atomic E-state index is 12.4. The molecule has 1 amide bonds. The summed E-state index contributed by atoms with van der Waals surface area (Å²) in [6.45, 7) is 3.29. The van der Waals surface area contributed by atoms with Crippen LogP contribution >= 0.6 is 27.3 Å². The number of thiophene rings is 1. The lowest BCUT2D eigenvalue weighted by Crippen LogP contribution is -2.29. The van der Waals surface area contributed by atoms with Gasteiger partial charge in [-0.25, -0.2) is 0 Å². The lowest BCUT2D eigenvalue weighted by molar-refractivity contribution is 0.0756. The minimum Gasteiger partial charge on any atom is -0.334 e. The summed E-state index contributed by atoms with van der Waals surface area (Å²) in [5, 5.41) is 1.91. The number of pyridine rings is 1. The second kappa shape index (κ2) is 6.11. The van der Waals surface area contributed by atoms with Gasteiger partial charge in [-0.3, -0.25) is 9.78 Å². The van der Waals surface area contributed by atoms with Crippen LogP contribution < -0.4 is 0 Å². The maximum atomic E-state index is 12.4. The van der Waals surface area contributed by atoms with Gasteiger partial charge in [0.1, 0.15) is 4.88 Å². The van der Waals surface area contributed by atoms with E-state index in [-0.39, 0.29) is 5.91 Å². The summed E-state index contributed by atoms with van der Waals surface area (Å²) in [5.74, 6) is 0.0659. The number of aromatic nitrogens is 1. The first-order valence-electron chi connectivity index (χ1n) is 5.63. The second-order valence-corrected chi connectivity index (χ2v) is 5.54. The molecule has 0 saturated carbocycles. The standard InChI is InChI=1S/C13H13BrN2OS/c1-2-16(9-10-3-6-15-7-4-10)13(17)12-11(14)5-8-18-12/h3-8H,2,9H2,1H3. The van der Waals surface area contributed by atoms with Crippen molar-refractivity contribution >= 4 is 33.2 Å². The normalized spacial score (nSPS) is 10.3. The van der Waals surface area contributed by atoms with Crippen LogP contribution in [0.15, 0.2) is 40.4 Å². The van der Waals surface area contributed by atoms with Crippen molar-refractivity contribution < 1.29 is 4.79 Å². The van der Waals surface area contributed by atoms with Gasteiger partial charge in [-0.1, -0.05) is 0 Å². The van der Waals surface area contributed by atoms with Crippen molar-refractivity contribution in [3.63, 3.8) is 0 Å². The number of halogens is 1. The zero-order valence-corrected chi connectivity index (χ0v) is 12.4. The van der Waals surface area contributed by atoms with Crippen molar-refractivity contribution in [3.8, 4) is 0 Å². The number of carbonyl (C=O) groups excluding carboxylic acids is 1. The first kappa shape index (κ1) is 13.2. The molecule has 0 radical (unpaired) electrons. The van der Waals surface area contributed by atoms with Crippen molar-refractivity contribution in [3.05, 3.63) is 50.9 Å². The van der Waals surface area contributed by atoms with Crippen molar-refractivity contribution in [2.24, 2.45) is 0 Å². The fourth-order valence-electron chi connectivity index (χ4n) is 1.63. The largest absolute Gasteiger partial charge is 0.334 e. The Morgan fingerprint density at radius 1 is 1.39 bits per heavy atom. The van der Waals surface area contributed by atoms with Crippen LogP contribution in [0, 0.1) is 0 Å². The Balaban J connectivity index is 2.15. The number of amides is 1. The first-order valence-corrected chi connectivity index (χ1v) is 7.30. The van der Waals surface area contributed by atoms with Crippen LogP contribution in [0.4, 0.5) is 0 Å². The number of rotatable bonds is 4. The minimum absolute atomic E-state index is 0.0659. The third kappa shape index (κ3) is 2.97. The molecule has 5 heteroatoms. The summed E-state index contributed by atoms with van der Waals surface area (Å²) < 4.78 is 0.866. The molecule has 0 fully saturated rings. The maximum Gasteiger partial charge on any atom is 0.265 e. The monoisotopic (exact) mass is 324 g/mol. The lowest BCUT2D eigenvalue weighted by atomic mass is 10.2. The third-order valence-corrected chi connectivity index (χ3v) is 4.43. The fraction of sp³-hybridized carbons (Fsp3) is 0.231. The molecule has 2 aromatic rings. The average Bonchev–Trinajstić information content (AvgIpc) is 2.82. The molecule has 0 unspecified atom stereocenters. The second-order valence-electron chi connectivity index (χ2n) is 3.77. The molecule has 0 aliphatic carbocycles. The Kier molecular flexibility index (Phi) is 4.49. The van der Waals surface area contributed by atoms with Crippen molar-refractivity contribution in [2.45, 2.75) is 13.5 Å². The van der Waals surface area contributed by atoms with E-state index in [0.717, 1.165) is 14.9 Å². The molecule has 0 saturated heterocycles. The molecule has 0 aliphatic heterocycles. The number of carbonyl (C=O) groups is 1. The molecule has 2 aromatic heterocycles. The van der Waals surface area contributed by atoms with Crippen LogP contribution in [-0.4, -0.2) is 22.3 Å². The van der Waals surface area contributed by atoms with Crippen molar-refractivity contribution in [1.29, 1.82) is 0 Å². The van der Waals surface area contributed by atoms with E-state index in [1.54, 1.807) is 12.4 Å². The molecule has 0 bridgehead atoms. The van der Waals surface area contributed by atoms with Crippen LogP contribution in [0.1, 0.15) is 22.2 Å². The van der Waals surface area contributed by atoms with Gasteiger partial charge in [0.2, 0.25) is 0 Å². The summed E-state index contributed by atoms with van der Waals surface area (Å²) in [6, 6.07) is 5.76. The van der Waals surface area contributed by atoms with Crippen molar-refractivity contribution in [2.75, 3.05) is 6.54 Å². The molecule has 0 N–H and O–H groups in total. The Labute approximate surface area is 119 Å². The molecule has 0 atom stereocenters. The van der Waals surface area contributed by atoms with Crippen LogP contribution in [0.5, 0.6) is 0 Å². The van der Waals surface area contributed by atoms with E-state index in [0.29, 0.717) is 13.1 Å². The Morgan fingerprint density at radius 3 is 2.67 bits per heavy atom. The summed E-state index contributed by atoms with van der Waals surface area (Å²) >= 11 is 4.86. The van der Waals surface area contributed by atoms with E-state index in [9.17, 15) is 4.79 Å². The molecule has 0 aliphatic rings. The van der Waals surface area contributed by atoms with Crippen LogP contribution in [-0.2, 0) is 6.54 Å². The smallest absolute Gasteiger partial charge is 0.265 e. The van der Waals surface area contributed by atoms with Gasteiger partial charge in [0, 0.05) is 30.0 Å². The molecular formula is C13H13BrN2OS. The topological polar surface area (TPSA) is 33.2 Å². The van der Waals surface area contributed by atoms with Crippen LogP contribution in [0.3, 0.4) is 0 Å². The first-order chi connectivity index (χ1) is 8.72. The summed E-state index contributed by atoms with van der Waals surface area (Å²) in [5.41, 5.74) is 1.09. The highest BCUT2D eigenvalue weighted by Crippen LogP contribution is 2.24. The summed E-state index contributed by atoms with van der Waals surface area (Å²) in [6.07, 6.45) is 3.49. The average molecular weight is 325 g/mol. The van der Waals surface area contributed by atoms with E-state index in [1.807, 2.05) is 35.4 Å². The summed E-state index contributed by atoms with van der Waals surface area (Å²) in [7, 11) is 0. The number of hydrogen-bond donors (Lipinski definition) is 0. The van der Waals surface area contributed by atoms with Gasteiger partial charge in [-0.2, -0.15) is 0 Å². The van der Waals surface area contributed by atoms with Gasteiger partial charge in [-0.15, -0.1) is 11.3 Å². The van der Waals surface area contributed by atoms with Gasteiger partial charge in [-0.05, 0) is 52.0 Å². The highest BCUT2D eigenvalue weighted by Gasteiger charge is 2.18. The Morgan fingerprint density at radius 2 is 2.11 bits per heavy atom. The highest BCUT2D eigenvalue weighted by atomic mass is 79.9. The molecule has 94 valence electrons. The number of hydrogen-bond acceptors (Lipinski definition) is 3. The fourth-order valence-corrected chi connectivity index (χ4v) is 3.13. The van der Waals surface area contributed by atoms with Crippen molar-refractivity contribution in [1.82, 2.24) is 9.88 Å². The van der Waals surface area contributed by atoms with E-state index < -0.39 is 0 Å².